The van der Waals surface area contributed by atoms with Crippen molar-refractivity contribution in [1.29, 1.82) is 0 Å². The van der Waals surface area contributed by atoms with Gasteiger partial charge < -0.3 is 5.32 Å². The summed E-state index contributed by atoms with van der Waals surface area (Å²) in [6.45, 7) is 1.67. The Balaban J connectivity index is 1.81. The molecule has 7 nitrogen and oxygen atoms in total. The number of aryl methyl sites for hydroxylation is 2. The van der Waals surface area contributed by atoms with Gasteiger partial charge in [-0.15, -0.1) is 0 Å². The number of nitrogens with one attached hydrogen (secondary N) is 2. The van der Waals surface area contributed by atoms with Gasteiger partial charge in [-0.1, -0.05) is 0 Å². The van der Waals surface area contributed by atoms with E-state index in [0.717, 1.165) is 6.20 Å². The Morgan fingerprint density at radius 2 is 1.55 bits per heavy atom. The number of imide groups is 1. The molecule has 0 radical (unpaired) electrons. The normalized spacial score (nSPS) is 12.1. The first-order valence-electron chi connectivity index (χ1n) is 8.47. The number of benzene rings is 1. The quantitative estimate of drug-likeness (QED) is 0.577. The molecule has 0 aliphatic carbocycles. The van der Waals surface area contributed by atoms with Crippen molar-refractivity contribution in [2.45, 2.75) is 19.3 Å². The zero-order valence-corrected chi connectivity index (χ0v) is 15.8. The number of pyridine rings is 1. The number of amides is 3. The van der Waals surface area contributed by atoms with Gasteiger partial charge in [0.1, 0.15) is 0 Å². The third-order valence-corrected chi connectivity index (χ3v) is 4.20. The average molecular weight is 445 g/mol. The summed E-state index contributed by atoms with van der Waals surface area (Å²) in [4.78, 5) is 28.3. The number of fused-ring (bicyclic) bond motifs is 1. The number of carbonyl (C=O) groups is 2. The monoisotopic (exact) mass is 445 g/mol. The van der Waals surface area contributed by atoms with Crippen molar-refractivity contribution in [3.05, 3.63) is 52.8 Å². The van der Waals surface area contributed by atoms with Gasteiger partial charge in [0.15, 0.2) is 5.65 Å². The predicted octanol–water partition coefficient (Wildman–Crippen LogP) is 4.28. The molecule has 0 aliphatic rings. The molecule has 0 unspecified atom stereocenters. The van der Waals surface area contributed by atoms with Crippen LogP contribution in [0.1, 0.15) is 27.2 Å². The van der Waals surface area contributed by atoms with Gasteiger partial charge in [0.25, 0.3) is 5.91 Å². The van der Waals surface area contributed by atoms with Gasteiger partial charge in [-0.05, 0) is 31.2 Å². The summed E-state index contributed by atoms with van der Waals surface area (Å²) in [5.74, 6) is -0.960. The molecule has 0 spiro atoms. The molecule has 3 rings (SSSR count). The van der Waals surface area contributed by atoms with Crippen LogP contribution in [0.25, 0.3) is 11.0 Å². The van der Waals surface area contributed by atoms with Crippen molar-refractivity contribution >= 4 is 28.7 Å². The molecule has 0 fully saturated rings. The van der Waals surface area contributed by atoms with Crippen LogP contribution in [0.2, 0.25) is 0 Å². The molecule has 2 aromatic heterocycles. The zero-order valence-electron chi connectivity index (χ0n) is 15.8. The highest BCUT2D eigenvalue weighted by Crippen LogP contribution is 2.37. The summed E-state index contributed by atoms with van der Waals surface area (Å²) in [7, 11) is 1.64. The molecule has 13 heteroatoms. The molecule has 0 saturated carbocycles. The lowest BCUT2D eigenvalue weighted by molar-refractivity contribution is -0.143. The third kappa shape index (κ3) is 4.75. The second-order valence-corrected chi connectivity index (χ2v) is 6.51. The highest BCUT2D eigenvalue weighted by atomic mass is 19.4. The minimum Gasteiger partial charge on any atom is -0.308 e. The molecule has 2 N–H and O–H groups in total. The molecular weight excluding hydrogens is 432 g/mol. The topological polar surface area (TPSA) is 88.9 Å². The van der Waals surface area contributed by atoms with Crippen LogP contribution in [-0.4, -0.2) is 26.7 Å². The van der Waals surface area contributed by atoms with Crippen molar-refractivity contribution in [2.75, 3.05) is 5.32 Å². The fraction of sp³-hybridized carbons (Fsp3) is 0.222. The number of alkyl halides is 6. The maximum Gasteiger partial charge on any atom is 0.416 e. The number of aromatic nitrogens is 3. The highest BCUT2D eigenvalue weighted by molar-refractivity contribution is 6.08. The van der Waals surface area contributed by atoms with E-state index in [4.69, 9.17) is 0 Å². The molecule has 31 heavy (non-hydrogen) atoms. The van der Waals surface area contributed by atoms with Crippen LogP contribution in [0.15, 0.2) is 30.5 Å². The van der Waals surface area contributed by atoms with E-state index in [1.165, 1.54) is 10.7 Å². The van der Waals surface area contributed by atoms with Gasteiger partial charge in [-0.25, -0.2) is 9.78 Å². The lowest BCUT2D eigenvalue weighted by atomic mass is 10.1. The number of anilines is 1. The van der Waals surface area contributed by atoms with Crippen molar-refractivity contribution < 1.29 is 35.9 Å². The number of halogens is 6. The van der Waals surface area contributed by atoms with Crippen LogP contribution < -0.4 is 10.6 Å². The van der Waals surface area contributed by atoms with Crippen molar-refractivity contribution in [1.82, 2.24) is 20.1 Å². The molecule has 0 saturated heterocycles. The fourth-order valence-electron chi connectivity index (χ4n) is 2.80. The molecule has 164 valence electrons. The molecule has 1 aromatic carbocycles. The summed E-state index contributed by atoms with van der Waals surface area (Å²) < 4.78 is 78.9. The summed E-state index contributed by atoms with van der Waals surface area (Å²) in [5.41, 5.74) is -3.02. The second-order valence-electron chi connectivity index (χ2n) is 6.51. The molecule has 0 atom stereocenters. The predicted molar refractivity (Wildman–Crippen MR) is 96.2 cm³/mol. The number of nitrogens with zero attached hydrogens (tertiary/aromatic N) is 3. The zero-order chi connectivity index (χ0) is 23.1. The van der Waals surface area contributed by atoms with Crippen LogP contribution >= 0.6 is 0 Å². The van der Waals surface area contributed by atoms with E-state index in [1.54, 1.807) is 14.0 Å². The molecule has 3 amide bonds. The molecule has 0 bridgehead atoms. The van der Waals surface area contributed by atoms with Crippen molar-refractivity contribution in [3.63, 3.8) is 0 Å². The van der Waals surface area contributed by atoms with Gasteiger partial charge in [-0.2, -0.15) is 31.4 Å². The van der Waals surface area contributed by atoms with E-state index in [-0.39, 0.29) is 11.6 Å². The van der Waals surface area contributed by atoms with Crippen LogP contribution in [-0.2, 0) is 19.4 Å². The minimum atomic E-state index is -5.08. The minimum absolute atomic E-state index is 0.0567. The van der Waals surface area contributed by atoms with E-state index >= 15 is 0 Å². The summed E-state index contributed by atoms with van der Waals surface area (Å²) in [6, 6.07) is 0.656. The number of hydrogen-bond acceptors (Lipinski definition) is 4. The van der Waals surface area contributed by atoms with Crippen molar-refractivity contribution in [2.24, 2.45) is 7.05 Å². The Hall–Kier alpha value is -3.64. The third-order valence-electron chi connectivity index (χ3n) is 4.20. The first kappa shape index (κ1) is 22.1. The lowest BCUT2D eigenvalue weighted by Crippen LogP contribution is -2.34. The van der Waals surface area contributed by atoms with Gasteiger partial charge in [0, 0.05) is 24.3 Å². The van der Waals surface area contributed by atoms with E-state index in [2.05, 4.69) is 10.1 Å². The SMILES string of the molecule is Cc1nn(C)c2ncc(C(=O)NC(=O)Nc3cc(C(F)(F)F)cc(C(F)(F)F)c3)cc12. The first-order chi connectivity index (χ1) is 14.3. The molecule has 3 aromatic rings. The Kier molecular flexibility index (Phi) is 5.38. The maximum absolute atomic E-state index is 12.9. The summed E-state index contributed by atoms with van der Waals surface area (Å²) in [6.07, 6.45) is -9.00. The molecular formula is C18H13F6N5O2. The van der Waals surface area contributed by atoms with Gasteiger partial charge in [-0.3, -0.25) is 14.8 Å². The number of rotatable bonds is 2. The Bertz CT molecular complexity index is 1150. The van der Waals surface area contributed by atoms with Gasteiger partial charge >= 0.3 is 18.4 Å². The van der Waals surface area contributed by atoms with Gasteiger partial charge in [0.2, 0.25) is 0 Å². The number of carbonyl (C=O) groups excluding carboxylic acids is 2. The van der Waals surface area contributed by atoms with E-state index in [1.807, 2.05) is 10.6 Å². The van der Waals surface area contributed by atoms with Crippen molar-refractivity contribution in [3.8, 4) is 0 Å². The van der Waals surface area contributed by atoms with Crippen LogP contribution in [0, 0.1) is 6.92 Å². The average Bonchev–Trinajstić information content (AvgIpc) is 2.93. The summed E-state index contributed by atoms with van der Waals surface area (Å²) >= 11 is 0. The Labute approximate surface area is 170 Å². The van der Waals surface area contributed by atoms with Crippen LogP contribution in [0.3, 0.4) is 0 Å². The first-order valence-corrected chi connectivity index (χ1v) is 8.47. The summed E-state index contributed by atoms with van der Waals surface area (Å²) in [5, 5.41) is 8.30. The molecule has 2 heterocycles. The van der Waals surface area contributed by atoms with E-state index in [9.17, 15) is 35.9 Å². The largest absolute Gasteiger partial charge is 0.416 e. The van der Waals surface area contributed by atoms with Crippen LogP contribution in [0.5, 0.6) is 0 Å². The van der Waals surface area contributed by atoms with E-state index < -0.39 is 41.1 Å². The Morgan fingerprint density at radius 1 is 0.968 bits per heavy atom. The number of urea groups is 1. The molecule has 0 aliphatic heterocycles. The van der Waals surface area contributed by atoms with Gasteiger partial charge in [0.05, 0.1) is 22.4 Å². The standard InChI is InChI=1S/C18H13F6N5O2/c1-8-13-3-9(7-25-14(13)29(2)28-8)15(30)27-16(31)26-12-5-10(17(19,20)21)4-11(6-12)18(22,23)24/h3-7H,1-2H3,(H2,26,27,30,31). The van der Waals surface area contributed by atoms with Crippen LogP contribution in [0.4, 0.5) is 36.8 Å². The van der Waals surface area contributed by atoms with E-state index in [0.29, 0.717) is 28.9 Å². The maximum atomic E-state index is 12.9. The smallest absolute Gasteiger partial charge is 0.308 e. The number of hydrogen-bond donors (Lipinski definition) is 2. The lowest BCUT2D eigenvalue weighted by Gasteiger charge is -2.15. The highest BCUT2D eigenvalue weighted by Gasteiger charge is 2.37. The fourth-order valence-corrected chi connectivity index (χ4v) is 2.80. The Morgan fingerprint density at radius 3 is 2.10 bits per heavy atom. The second kappa shape index (κ2) is 7.56.